The molecule has 0 aliphatic rings. The molecule has 0 aromatic heterocycles. The first kappa shape index (κ1) is 18.2. The number of carbonyl (C=O) groups is 1. The highest BCUT2D eigenvalue weighted by atomic mass is 16.6. The number of hydrogen-bond donors (Lipinski definition) is 2. The van der Waals surface area contributed by atoms with Crippen LogP contribution in [0.5, 0.6) is 0 Å². The molecule has 0 aliphatic carbocycles. The molecular formula is C20H25NO3. The van der Waals surface area contributed by atoms with E-state index in [1.54, 1.807) is 0 Å². The van der Waals surface area contributed by atoms with E-state index in [0.717, 1.165) is 17.5 Å². The second kappa shape index (κ2) is 9.85. The Kier molecular flexibility index (Phi) is 7.46. The van der Waals surface area contributed by atoms with Gasteiger partial charge in [0, 0.05) is 6.04 Å². The number of hydroxylamine groups is 1. The number of carboxylic acids is 1. The molecular weight excluding hydrogens is 302 g/mol. The third-order valence-corrected chi connectivity index (χ3v) is 4.15. The first-order chi connectivity index (χ1) is 11.7. The average Bonchev–Trinajstić information content (AvgIpc) is 2.62. The number of nitrogens with one attached hydrogen (secondary N) is 1. The monoisotopic (exact) mass is 327 g/mol. The lowest BCUT2D eigenvalue weighted by molar-refractivity contribution is -0.145. The Labute approximate surface area is 143 Å². The summed E-state index contributed by atoms with van der Waals surface area (Å²) in [4.78, 5) is 17.2. The Bertz CT molecular complexity index is 601. The summed E-state index contributed by atoms with van der Waals surface area (Å²) in [7, 11) is 0. The highest BCUT2D eigenvalue weighted by Crippen LogP contribution is 2.17. The van der Waals surface area contributed by atoms with Gasteiger partial charge in [-0.15, -0.1) is 0 Å². The zero-order chi connectivity index (χ0) is 17.2. The highest BCUT2D eigenvalue weighted by molar-refractivity contribution is 5.70. The first-order valence-corrected chi connectivity index (χ1v) is 8.38. The van der Waals surface area contributed by atoms with Gasteiger partial charge in [-0.05, 0) is 30.4 Å². The molecule has 0 spiro atoms. The van der Waals surface area contributed by atoms with Crippen molar-refractivity contribution >= 4 is 5.97 Å². The smallest absolute Gasteiger partial charge is 0.308 e. The third-order valence-electron chi connectivity index (χ3n) is 4.15. The molecule has 4 nitrogen and oxygen atoms in total. The van der Waals surface area contributed by atoms with Gasteiger partial charge >= 0.3 is 5.97 Å². The first-order valence-electron chi connectivity index (χ1n) is 8.38. The van der Waals surface area contributed by atoms with Crippen LogP contribution in [0.15, 0.2) is 60.7 Å². The van der Waals surface area contributed by atoms with E-state index in [1.165, 1.54) is 0 Å². The Morgan fingerprint density at radius 2 is 1.62 bits per heavy atom. The molecule has 2 aromatic rings. The number of aliphatic carboxylic acids is 1. The molecule has 2 atom stereocenters. The van der Waals surface area contributed by atoms with Gasteiger partial charge in [0.2, 0.25) is 0 Å². The molecule has 0 saturated carbocycles. The van der Waals surface area contributed by atoms with Crippen molar-refractivity contribution in [1.82, 2.24) is 5.48 Å². The maximum absolute atomic E-state index is 11.7. The standard InChI is InChI=1S/C20H25NO3/c1-2-19(21-24-15-17-11-7-4-8-12-17)18(20(22)23)14-13-16-9-5-3-6-10-16/h3-12,18-19,21H,2,13-15H2,1H3,(H,22,23)/t18-,19-/m1/s1. The molecule has 0 saturated heterocycles. The van der Waals surface area contributed by atoms with Crippen LogP contribution >= 0.6 is 0 Å². The van der Waals surface area contributed by atoms with Crippen molar-refractivity contribution in [3.8, 4) is 0 Å². The molecule has 0 heterocycles. The summed E-state index contributed by atoms with van der Waals surface area (Å²) < 4.78 is 0. The van der Waals surface area contributed by atoms with Crippen LogP contribution in [0, 0.1) is 5.92 Å². The van der Waals surface area contributed by atoms with Crippen molar-refractivity contribution in [3.05, 3.63) is 71.8 Å². The van der Waals surface area contributed by atoms with Crippen LogP contribution in [0.4, 0.5) is 0 Å². The topological polar surface area (TPSA) is 58.6 Å². The average molecular weight is 327 g/mol. The maximum Gasteiger partial charge on any atom is 0.308 e. The molecule has 2 N–H and O–H groups in total. The fraction of sp³-hybridized carbons (Fsp3) is 0.350. The van der Waals surface area contributed by atoms with E-state index >= 15 is 0 Å². The fourth-order valence-corrected chi connectivity index (χ4v) is 2.72. The van der Waals surface area contributed by atoms with Crippen LogP contribution < -0.4 is 5.48 Å². The minimum Gasteiger partial charge on any atom is -0.481 e. The van der Waals surface area contributed by atoms with Crippen molar-refractivity contribution in [3.63, 3.8) is 0 Å². The highest BCUT2D eigenvalue weighted by Gasteiger charge is 2.26. The third kappa shape index (κ3) is 5.80. The lowest BCUT2D eigenvalue weighted by Gasteiger charge is -2.23. The second-order valence-electron chi connectivity index (χ2n) is 5.88. The van der Waals surface area contributed by atoms with Crippen LogP contribution in [0.2, 0.25) is 0 Å². The van der Waals surface area contributed by atoms with Crippen molar-refractivity contribution in [1.29, 1.82) is 0 Å². The van der Waals surface area contributed by atoms with Crippen LogP contribution in [0.3, 0.4) is 0 Å². The van der Waals surface area contributed by atoms with Crippen LogP contribution in [0.1, 0.15) is 30.9 Å². The fourth-order valence-electron chi connectivity index (χ4n) is 2.72. The lowest BCUT2D eigenvalue weighted by atomic mass is 9.91. The van der Waals surface area contributed by atoms with Gasteiger partial charge < -0.3 is 5.11 Å². The van der Waals surface area contributed by atoms with E-state index in [4.69, 9.17) is 4.84 Å². The molecule has 0 amide bonds. The molecule has 2 aromatic carbocycles. The van der Waals surface area contributed by atoms with E-state index in [0.29, 0.717) is 19.4 Å². The molecule has 24 heavy (non-hydrogen) atoms. The van der Waals surface area contributed by atoms with Gasteiger partial charge in [0.25, 0.3) is 0 Å². The van der Waals surface area contributed by atoms with Crippen molar-refractivity contribution < 1.29 is 14.7 Å². The van der Waals surface area contributed by atoms with Gasteiger partial charge in [-0.1, -0.05) is 67.6 Å². The van der Waals surface area contributed by atoms with Crippen LogP contribution in [-0.4, -0.2) is 17.1 Å². The van der Waals surface area contributed by atoms with Gasteiger partial charge in [0.15, 0.2) is 0 Å². The summed E-state index contributed by atoms with van der Waals surface area (Å²) in [6.07, 6.45) is 2.02. The quantitative estimate of drug-likeness (QED) is 0.651. The largest absolute Gasteiger partial charge is 0.481 e. The van der Waals surface area contributed by atoms with Crippen LogP contribution in [0.25, 0.3) is 0 Å². The van der Waals surface area contributed by atoms with Gasteiger partial charge in [-0.2, -0.15) is 5.48 Å². The summed E-state index contributed by atoms with van der Waals surface area (Å²) in [5, 5.41) is 9.57. The van der Waals surface area contributed by atoms with Crippen molar-refractivity contribution in [2.45, 2.75) is 38.8 Å². The Balaban J connectivity index is 1.87. The van der Waals surface area contributed by atoms with Gasteiger partial charge in [0.1, 0.15) is 0 Å². The van der Waals surface area contributed by atoms with E-state index in [9.17, 15) is 9.90 Å². The Morgan fingerprint density at radius 3 is 2.17 bits per heavy atom. The number of carboxylic acid groups (broad SMARTS) is 1. The molecule has 0 radical (unpaired) electrons. The molecule has 0 aliphatic heterocycles. The summed E-state index contributed by atoms with van der Waals surface area (Å²) in [5.74, 6) is -1.26. The molecule has 0 unspecified atom stereocenters. The number of rotatable bonds is 10. The maximum atomic E-state index is 11.7. The molecule has 128 valence electrons. The predicted octanol–water partition coefficient (Wildman–Crippen LogP) is 3.82. The summed E-state index contributed by atoms with van der Waals surface area (Å²) in [6.45, 7) is 2.39. The number of benzene rings is 2. The normalized spacial score (nSPS) is 13.4. The van der Waals surface area contributed by atoms with Crippen LogP contribution in [-0.2, 0) is 22.7 Å². The van der Waals surface area contributed by atoms with E-state index in [-0.39, 0.29) is 6.04 Å². The summed E-state index contributed by atoms with van der Waals surface area (Å²) >= 11 is 0. The van der Waals surface area contributed by atoms with Crippen molar-refractivity contribution in [2.24, 2.45) is 5.92 Å². The van der Waals surface area contributed by atoms with Gasteiger partial charge in [-0.25, -0.2) is 0 Å². The summed E-state index contributed by atoms with van der Waals surface area (Å²) in [6, 6.07) is 19.6. The van der Waals surface area contributed by atoms with E-state index in [1.807, 2.05) is 67.6 Å². The minimum absolute atomic E-state index is 0.213. The van der Waals surface area contributed by atoms with Gasteiger partial charge in [-0.3, -0.25) is 9.63 Å². The van der Waals surface area contributed by atoms with E-state index < -0.39 is 11.9 Å². The zero-order valence-electron chi connectivity index (χ0n) is 14.0. The lowest BCUT2D eigenvalue weighted by Crippen LogP contribution is -2.40. The molecule has 2 rings (SSSR count). The summed E-state index contributed by atoms with van der Waals surface area (Å²) in [5.41, 5.74) is 5.16. The SMILES string of the molecule is CC[C@@H](NOCc1ccccc1)[C@@H](CCc1ccccc1)C(=O)O. The number of aryl methyl sites for hydroxylation is 1. The minimum atomic E-state index is -0.784. The number of hydrogen-bond acceptors (Lipinski definition) is 3. The predicted molar refractivity (Wildman–Crippen MR) is 94.3 cm³/mol. The molecule has 0 fully saturated rings. The molecule has 0 bridgehead atoms. The van der Waals surface area contributed by atoms with Gasteiger partial charge in [0.05, 0.1) is 12.5 Å². The Morgan fingerprint density at radius 1 is 1.04 bits per heavy atom. The second-order valence-corrected chi connectivity index (χ2v) is 5.88. The molecule has 4 heteroatoms. The van der Waals surface area contributed by atoms with Crippen molar-refractivity contribution in [2.75, 3.05) is 0 Å². The Hall–Kier alpha value is -2.17. The van der Waals surface area contributed by atoms with E-state index in [2.05, 4.69) is 5.48 Å². The zero-order valence-corrected chi connectivity index (χ0v) is 14.0.